The van der Waals surface area contributed by atoms with Crippen LogP contribution in [0.15, 0.2) is 55.0 Å². The van der Waals surface area contributed by atoms with Crippen molar-refractivity contribution in [2.75, 3.05) is 5.73 Å². The lowest BCUT2D eigenvalue weighted by Gasteiger charge is -2.13. The van der Waals surface area contributed by atoms with Crippen LogP contribution in [0.5, 0.6) is 5.75 Å². The molecule has 0 radical (unpaired) electrons. The first-order chi connectivity index (χ1) is 12.5. The molecule has 0 fully saturated rings. The number of fused-ring (bicyclic) bond motifs is 1. The number of hydrogen-bond donors (Lipinski definition) is 2. The number of pyridine rings is 1. The van der Waals surface area contributed by atoms with Crippen LogP contribution >= 0.6 is 0 Å². The number of nitrogens with zero attached hydrogens (tertiary/aromatic N) is 3. The number of phenolic OH excluding ortho intramolecular Hbond substituents is 1. The Morgan fingerprint density at radius 1 is 1.00 bits per heavy atom. The van der Waals surface area contributed by atoms with Gasteiger partial charge in [-0.25, -0.2) is 14.4 Å². The smallest absolute Gasteiger partial charge is 0.165 e. The molecule has 128 valence electrons. The normalized spacial score (nSPS) is 11.0. The molecule has 0 spiro atoms. The molecule has 0 saturated carbocycles. The molecule has 0 bridgehead atoms. The van der Waals surface area contributed by atoms with Crippen molar-refractivity contribution < 1.29 is 9.50 Å². The second kappa shape index (κ2) is 6.07. The van der Waals surface area contributed by atoms with Crippen LogP contribution < -0.4 is 5.73 Å². The summed E-state index contributed by atoms with van der Waals surface area (Å²) in [5.41, 5.74) is 10.4. The summed E-state index contributed by atoms with van der Waals surface area (Å²) < 4.78 is 13.6. The molecular formula is C20H15FN4O. The van der Waals surface area contributed by atoms with Gasteiger partial charge in [0.25, 0.3) is 0 Å². The van der Waals surface area contributed by atoms with Gasteiger partial charge in [-0.3, -0.25) is 4.98 Å². The number of anilines is 1. The highest BCUT2D eigenvalue weighted by molar-refractivity contribution is 5.93. The summed E-state index contributed by atoms with van der Waals surface area (Å²) in [5, 5.41) is 10.5. The van der Waals surface area contributed by atoms with Crippen LogP contribution in [0.1, 0.15) is 5.56 Å². The number of phenols is 1. The van der Waals surface area contributed by atoms with Crippen molar-refractivity contribution in [2.24, 2.45) is 0 Å². The standard InChI is InChI=1S/C20H15FN4O/c1-11-7-16(21)18(26)9-14(11)19-13(3-2-6-23-19)12-4-5-17-15(8-12)20(22)25-10-24-17/h2-10,26H,1H3,(H2,22,24,25). The SMILES string of the molecule is Cc1cc(F)c(O)cc1-c1ncccc1-c1ccc2ncnc(N)c2c1. The first-order valence-corrected chi connectivity index (χ1v) is 7.99. The van der Waals surface area contributed by atoms with Crippen molar-refractivity contribution in [2.45, 2.75) is 6.92 Å². The Balaban J connectivity index is 1.95. The molecular weight excluding hydrogens is 331 g/mol. The summed E-state index contributed by atoms with van der Waals surface area (Å²) in [6, 6.07) is 12.1. The van der Waals surface area contributed by atoms with Crippen LogP contribution in [-0.2, 0) is 0 Å². The highest BCUT2D eigenvalue weighted by Gasteiger charge is 2.14. The molecule has 6 heteroatoms. The van der Waals surface area contributed by atoms with E-state index in [0.29, 0.717) is 22.6 Å². The molecule has 0 aliphatic rings. The molecule has 0 amide bonds. The number of nitrogen functional groups attached to an aromatic ring is 1. The van der Waals surface area contributed by atoms with Gasteiger partial charge in [0.1, 0.15) is 12.1 Å². The highest BCUT2D eigenvalue weighted by Crippen LogP contribution is 2.36. The molecule has 0 atom stereocenters. The molecule has 0 aliphatic heterocycles. The number of benzene rings is 2. The number of aromatic nitrogens is 3. The van der Waals surface area contributed by atoms with Crippen LogP contribution in [0.4, 0.5) is 10.2 Å². The molecule has 5 nitrogen and oxygen atoms in total. The minimum Gasteiger partial charge on any atom is -0.505 e. The average Bonchev–Trinajstić information content (AvgIpc) is 2.65. The van der Waals surface area contributed by atoms with E-state index in [9.17, 15) is 9.50 Å². The van der Waals surface area contributed by atoms with Gasteiger partial charge in [0.2, 0.25) is 0 Å². The molecule has 2 aromatic heterocycles. The molecule has 26 heavy (non-hydrogen) atoms. The fourth-order valence-electron chi connectivity index (χ4n) is 3.01. The maximum Gasteiger partial charge on any atom is 0.165 e. The van der Waals surface area contributed by atoms with Crippen LogP contribution in [0.3, 0.4) is 0 Å². The Morgan fingerprint density at radius 2 is 1.85 bits per heavy atom. The fourth-order valence-corrected chi connectivity index (χ4v) is 3.01. The Kier molecular flexibility index (Phi) is 3.73. The fraction of sp³-hybridized carbons (Fsp3) is 0.0500. The van der Waals surface area contributed by atoms with Crippen LogP contribution in [0, 0.1) is 12.7 Å². The summed E-state index contributed by atoms with van der Waals surface area (Å²) in [5.74, 6) is -0.657. The van der Waals surface area contributed by atoms with Crippen molar-refractivity contribution in [1.29, 1.82) is 0 Å². The van der Waals surface area contributed by atoms with Crippen LogP contribution in [-0.4, -0.2) is 20.1 Å². The minimum absolute atomic E-state index is 0.401. The van der Waals surface area contributed by atoms with E-state index < -0.39 is 11.6 Å². The summed E-state index contributed by atoms with van der Waals surface area (Å²) in [7, 11) is 0. The van der Waals surface area contributed by atoms with Gasteiger partial charge in [0.15, 0.2) is 11.6 Å². The van der Waals surface area contributed by atoms with Gasteiger partial charge in [-0.15, -0.1) is 0 Å². The van der Waals surface area contributed by atoms with Gasteiger partial charge in [0.05, 0.1) is 11.2 Å². The molecule has 4 rings (SSSR count). The summed E-state index contributed by atoms with van der Waals surface area (Å²) in [6.45, 7) is 1.78. The lowest BCUT2D eigenvalue weighted by molar-refractivity contribution is 0.432. The third-order valence-electron chi connectivity index (χ3n) is 4.33. The van der Waals surface area contributed by atoms with Crippen molar-refractivity contribution >= 4 is 16.7 Å². The van der Waals surface area contributed by atoms with Crippen molar-refractivity contribution in [3.63, 3.8) is 0 Å². The summed E-state index contributed by atoms with van der Waals surface area (Å²) in [6.07, 6.45) is 3.09. The number of aryl methyl sites for hydroxylation is 1. The Bertz CT molecular complexity index is 1140. The van der Waals surface area contributed by atoms with Crippen molar-refractivity contribution in [1.82, 2.24) is 15.0 Å². The van der Waals surface area contributed by atoms with E-state index in [-0.39, 0.29) is 0 Å². The lowest BCUT2D eigenvalue weighted by atomic mass is 9.95. The first-order valence-electron chi connectivity index (χ1n) is 7.99. The monoisotopic (exact) mass is 346 g/mol. The zero-order valence-electron chi connectivity index (χ0n) is 13.9. The summed E-state index contributed by atoms with van der Waals surface area (Å²) >= 11 is 0. The average molecular weight is 346 g/mol. The van der Waals surface area contributed by atoms with E-state index >= 15 is 0 Å². The maximum absolute atomic E-state index is 13.6. The minimum atomic E-state index is -0.653. The molecule has 3 N–H and O–H groups in total. The van der Waals surface area contributed by atoms with Gasteiger partial charge < -0.3 is 10.8 Å². The van der Waals surface area contributed by atoms with E-state index in [2.05, 4.69) is 15.0 Å². The predicted octanol–water partition coefficient (Wildman–Crippen LogP) is 4.09. The van der Waals surface area contributed by atoms with E-state index in [1.165, 1.54) is 18.5 Å². The Hall–Kier alpha value is -3.54. The van der Waals surface area contributed by atoms with E-state index in [1.807, 2.05) is 30.3 Å². The van der Waals surface area contributed by atoms with E-state index in [0.717, 1.165) is 22.0 Å². The number of hydrogen-bond acceptors (Lipinski definition) is 5. The molecule has 0 unspecified atom stereocenters. The number of halogens is 1. The van der Waals surface area contributed by atoms with Crippen molar-refractivity contribution in [3.05, 3.63) is 66.4 Å². The number of aromatic hydroxyl groups is 1. The molecule has 0 saturated heterocycles. The zero-order chi connectivity index (χ0) is 18.3. The summed E-state index contributed by atoms with van der Waals surface area (Å²) in [4.78, 5) is 12.7. The quantitative estimate of drug-likeness (QED) is 0.571. The second-order valence-electron chi connectivity index (χ2n) is 6.01. The lowest BCUT2D eigenvalue weighted by Crippen LogP contribution is -1.95. The number of nitrogens with two attached hydrogens (primary N) is 1. The molecule has 0 aliphatic carbocycles. The van der Waals surface area contributed by atoms with Crippen molar-refractivity contribution in [3.8, 4) is 28.1 Å². The van der Waals surface area contributed by atoms with Gasteiger partial charge >= 0.3 is 0 Å². The number of rotatable bonds is 2. The molecule has 4 aromatic rings. The first kappa shape index (κ1) is 16.0. The highest BCUT2D eigenvalue weighted by atomic mass is 19.1. The van der Waals surface area contributed by atoms with Crippen LogP contribution in [0.25, 0.3) is 33.3 Å². The van der Waals surface area contributed by atoms with Gasteiger partial charge in [0, 0.05) is 22.7 Å². The maximum atomic E-state index is 13.6. The second-order valence-corrected chi connectivity index (χ2v) is 6.01. The van der Waals surface area contributed by atoms with E-state index in [1.54, 1.807) is 13.1 Å². The third kappa shape index (κ3) is 2.61. The van der Waals surface area contributed by atoms with Crippen LogP contribution in [0.2, 0.25) is 0 Å². The van der Waals surface area contributed by atoms with Gasteiger partial charge in [-0.05, 0) is 48.4 Å². The predicted molar refractivity (Wildman–Crippen MR) is 99.0 cm³/mol. The zero-order valence-corrected chi connectivity index (χ0v) is 13.9. The molecule has 2 heterocycles. The topological polar surface area (TPSA) is 84.9 Å². The Morgan fingerprint density at radius 3 is 2.69 bits per heavy atom. The molecule has 2 aromatic carbocycles. The third-order valence-corrected chi connectivity index (χ3v) is 4.33. The van der Waals surface area contributed by atoms with Gasteiger partial charge in [-0.1, -0.05) is 12.1 Å². The van der Waals surface area contributed by atoms with E-state index in [4.69, 9.17) is 5.73 Å². The largest absolute Gasteiger partial charge is 0.505 e. The van der Waals surface area contributed by atoms with Gasteiger partial charge in [-0.2, -0.15) is 0 Å². The Labute approximate surface area is 149 Å².